The van der Waals surface area contributed by atoms with Gasteiger partial charge in [-0.3, -0.25) is 4.79 Å². The van der Waals surface area contributed by atoms with Gasteiger partial charge in [0.2, 0.25) is 5.91 Å². The number of halogens is 1. The molecular formula is C16H23ClN2OS. The van der Waals surface area contributed by atoms with Crippen molar-refractivity contribution in [1.29, 1.82) is 0 Å². The summed E-state index contributed by atoms with van der Waals surface area (Å²) in [5, 5.41) is 6.56. The third-order valence-corrected chi connectivity index (χ3v) is 5.58. The molecule has 3 nitrogen and oxygen atoms in total. The van der Waals surface area contributed by atoms with Crippen molar-refractivity contribution in [3.8, 4) is 0 Å². The lowest BCUT2D eigenvalue weighted by Gasteiger charge is -2.37. The van der Waals surface area contributed by atoms with E-state index < -0.39 is 0 Å². The van der Waals surface area contributed by atoms with Crippen LogP contribution in [-0.4, -0.2) is 25.3 Å². The number of carbonyl (C=O) groups excluding carboxylic acids is 1. The molecule has 1 aliphatic heterocycles. The van der Waals surface area contributed by atoms with E-state index in [9.17, 15) is 4.79 Å². The van der Waals surface area contributed by atoms with Crippen LogP contribution in [-0.2, 0) is 4.79 Å². The summed E-state index contributed by atoms with van der Waals surface area (Å²) in [6.45, 7) is 1.84. The minimum atomic E-state index is -0.170. The van der Waals surface area contributed by atoms with Crippen molar-refractivity contribution in [3.63, 3.8) is 0 Å². The number of amides is 1. The van der Waals surface area contributed by atoms with Crippen LogP contribution in [0, 0.1) is 11.3 Å². The quantitative estimate of drug-likeness (QED) is 0.835. The molecule has 1 aromatic rings. The maximum Gasteiger partial charge on any atom is 0.232 e. The number of hydrogen-bond acceptors (Lipinski definition) is 3. The normalized spacial score (nSPS) is 27.6. The second-order valence-electron chi connectivity index (χ2n) is 5.91. The van der Waals surface area contributed by atoms with Crippen LogP contribution < -0.4 is 10.6 Å². The number of nitrogens with one attached hydrogen (secondary N) is 2. The summed E-state index contributed by atoms with van der Waals surface area (Å²) in [6, 6.07) is 8.12. The summed E-state index contributed by atoms with van der Waals surface area (Å²) in [5.74, 6) is 0.728. The molecule has 5 heteroatoms. The molecule has 1 saturated heterocycles. The highest BCUT2D eigenvalue weighted by atomic mass is 35.5. The van der Waals surface area contributed by atoms with Crippen LogP contribution in [0.5, 0.6) is 0 Å². The van der Waals surface area contributed by atoms with Gasteiger partial charge in [-0.05, 0) is 55.8 Å². The lowest BCUT2D eigenvalue weighted by molar-refractivity contribution is -0.128. The molecule has 1 aliphatic carbocycles. The van der Waals surface area contributed by atoms with Crippen LogP contribution in [0.4, 0.5) is 5.69 Å². The highest BCUT2D eigenvalue weighted by Crippen LogP contribution is 2.44. The first kappa shape index (κ1) is 16.7. The van der Waals surface area contributed by atoms with Crippen molar-refractivity contribution in [2.24, 2.45) is 11.3 Å². The van der Waals surface area contributed by atoms with Crippen LogP contribution >= 0.6 is 24.2 Å². The van der Waals surface area contributed by atoms with Crippen LogP contribution in [0.3, 0.4) is 0 Å². The van der Waals surface area contributed by atoms with Crippen molar-refractivity contribution in [1.82, 2.24) is 5.32 Å². The molecule has 1 amide bonds. The van der Waals surface area contributed by atoms with Crippen LogP contribution in [0.2, 0.25) is 0 Å². The Balaban J connectivity index is 0.00000161. The van der Waals surface area contributed by atoms with Crippen molar-refractivity contribution >= 4 is 35.8 Å². The minimum absolute atomic E-state index is 0. The van der Waals surface area contributed by atoms with Crippen LogP contribution in [0.25, 0.3) is 0 Å². The first-order valence-electron chi connectivity index (χ1n) is 7.41. The number of thioether (sulfide) groups is 1. The molecule has 0 bridgehead atoms. The summed E-state index contributed by atoms with van der Waals surface area (Å²) in [4.78, 5) is 14.0. The Hall–Kier alpha value is -0.710. The molecule has 2 atom stereocenters. The lowest BCUT2D eigenvalue weighted by atomic mass is 9.67. The Kier molecular flexibility index (Phi) is 5.58. The van der Waals surface area contributed by atoms with Gasteiger partial charge < -0.3 is 10.6 Å². The molecule has 1 aromatic carbocycles. The van der Waals surface area contributed by atoms with E-state index in [0.29, 0.717) is 5.92 Å². The largest absolute Gasteiger partial charge is 0.326 e. The molecule has 1 heterocycles. The number of fused-ring (bicyclic) bond motifs is 1. The van der Waals surface area contributed by atoms with Gasteiger partial charge in [-0.2, -0.15) is 0 Å². The van der Waals surface area contributed by atoms with E-state index in [0.717, 1.165) is 25.2 Å². The molecular weight excluding hydrogens is 304 g/mol. The molecule has 2 fully saturated rings. The van der Waals surface area contributed by atoms with Gasteiger partial charge in [-0.15, -0.1) is 24.2 Å². The second-order valence-corrected chi connectivity index (χ2v) is 6.79. The highest BCUT2D eigenvalue weighted by Gasteiger charge is 2.49. The van der Waals surface area contributed by atoms with Crippen LogP contribution in [0.1, 0.15) is 25.7 Å². The predicted octanol–water partition coefficient (Wildman–Crippen LogP) is 3.55. The Labute approximate surface area is 137 Å². The molecule has 3 rings (SSSR count). The second kappa shape index (κ2) is 7.03. The average molecular weight is 327 g/mol. The minimum Gasteiger partial charge on any atom is -0.326 e. The van der Waals surface area contributed by atoms with Gasteiger partial charge >= 0.3 is 0 Å². The van der Waals surface area contributed by atoms with Gasteiger partial charge in [0.1, 0.15) is 0 Å². The monoisotopic (exact) mass is 326 g/mol. The first-order valence-corrected chi connectivity index (χ1v) is 8.63. The summed E-state index contributed by atoms with van der Waals surface area (Å²) < 4.78 is 0. The zero-order valence-corrected chi connectivity index (χ0v) is 14.0. The van der Waals surface area contributed by atoms with Crippen LogP contribution in [0.15, 0.2) is 29.2 Å². The van der Waals surface area contributed by atoms with E-state index in [1.54, 1.807) is 11.8 Å². The fourth-order valence-corrected chi connectivity index (χ4v) is 4.03. The molecule has 116 valence electrons. The molecule has 0 aromatic heterocycles. The van der Waals surface area contributed by atoms with E-state index in [1.165, 1.54) is 24.2 Å². The zero-order chi connectivity index (χ0) is 14.0. The Bertz CT molecular complexity index is 494. The van der Waals surface area contributed by atoms with E-state index >= 15 is 0 Å². The Morgan fingerprint density at radius 1 is 1.33 bits per heavy atom. The lowest BCUT2D eigenvalue weighted by Crippen LogP contribution is -2.44. The maximum absolute atomic E-state index is 12.8. The summed E-state index contributed by atoms with van der Waals surface area (Å²) in [7, 11) is 0. The van der Waals surface area contributed by atoms with E-state index in [1.807, 2.05) is 12.1 Å². The number of anilines is 1. The van der Waals surface area contributed by atoms with Gasteiger partial charge in [0, 0.05) is 17.1 Å². The standard InChI is InChI=1S/C16H22N2OS.ClH/c1-20-14-7-5-13(6-8-14)18-15(19)16-9-3-2-4-12(16)10-17-11-16;/h5-8,12,17H,2-4,9-11H2,1H3,(H,18,19);1H/t12-,16+;/m0./s1. The molecule has 0 spiro atoms. The van der Waals surface area contributed by atoms with Crippen molar-refractivity contribution in [2.75, 3.05) is 24.7 Å². The summed E-state index contributed by atoms with van der Waals surface area (Å²) in [5.41, 5.74) is 0.745. The van der Waals surface area contributed by atoms with E-state index in [4.69, 9.17) is 0 Å². The van der Waals surface area contributed by atoms with Gasteiger partial charge in [0.05, 0.1) is 5.41 Å². The van der Waals surface area contributed by atoms with Gasteiger partial charge in [0.15, 0.2) is 0 Å². The average Bonchev–Trinajstić information content (AvgIpc) is 2.93. The molecule has 2 aliphatic rings. The maximum atomic E-state index is 12.8. The fourth-order valence-electron chi connectivity index (χ4n) is 3.62. The van der Waals surface area contributed by atoms with Crippen molar-refractivity contribution in [2.45, 2.75) is 30.6 Å². The summed E-state index contributed by atoms with van der Waals surface area (Å²) >= 11 is 1.72. The smallest absolute Gasteiger partial charge is 0.232 e. The number of rotatable bonds is 3. The number of carbonyl (C=O) groups is 1. The Morgan fingerprint density at radius 3 is 2.81 bits per heavy atom. The molecule has 2 N–H and O–H groups in total. The molecule has 0 unspecified atom stereocenters. The first-order chi connectivity index (χ1) is 9.74. The van der Waals surface area contributed by atoms with E-state index in [-0.39, 0.29) is 23.7 Å². The fraction of sp³-hybridized carbons (Fsp3) is 0.562. The molecule has 21 heavy (non-hydrogen) atoms. The molecule has 0 radical (unpaired) electrons. The van der Waals surface area contributed by atoms with Gasteiger partial charge in [-0.25, -0.2) is 0 Å². The van der Waals surface area contributed by atoms with Gasteiger partial charge in [-0.1, -0.05) is 12.8 Å². The Morgan fingerprint density at radius 2 is 2.10 bits per heavy atom. The third-order valence-electron chi connectivity index (χ3n) is 4.84. The highest BCUT2D eigenvalue weighted by molar-refractivity contribution is 7.98. The van der Waals surface area contributed by atoms with Gasteiger partial charge in [0.25, 0.3) is 0 Å². The van der Waals surface area contributed by atoms with Crippen molar-refractivity contribution in [3.05, 3.63) is 24.3 Å². The SMILES string of the molecule is CSc1ccc(NC(=O)[C@@]23CCCC[C@H]2CNC3)cc1.Cl. The third kappa shape index (κ3) is 3.22. The molecule has 1 saturated carbocycles. The van der Waals surface area contributed by atoms with Crippen molar-refractivity contribution < 1.29 is 4.79 Å². The number of hydrogen-bond donors (Lipinski definition) is 2. The topological polar surface area (TPSA) is 41.1 Å². The predicted molar refractivity (Wildman–Crippen MR) is 91.4 cm³/mol. The number of benzene rings is 1. The zero-order valence-electron chi connectivity index (χ0n) is 12.4. The summed E-state index contributed by atoms with van der Waals surface area (Å²) in [6.07, 6.45) is 6.72. The van der Waals surface area contributed by atoms with E-state index in [2.05, 4.69) is 29.0 Å².